The maximum atomic E-state index is 12.4. The summed E-state index contributed by atoms with van der Waals surface area (Å²) in [6.45, 7) is 4.07. The Morgan fingerprint density at radius 1 is 1.30 bits per heavy atom. The molecule has 3 aromatic heterocycles. The number of pyridine rings is 1. The smallest absolute Gasteiger partial charge is 0.358 e. The molecule has 0 unspecified atom stereocenters. The lowest BCUT2D eigenvalue weighted by molar-refractivity contribution is -0.123. The van der Waals surface area contributed by atoms with Crippen molar-refractivity contribution in [3.05, 3.63) is 30.4 Å². The van der Waals surface area contributed by atoms with Crippen molar-refractivity contribution >= 4 is 28.6 Å². The first-order valence-corrected chi connectivity index (χ1v) is 8.71. The first-order chi connectivity index (χ1) is 12.9. The van der Waals surface area contributed by atoms with Crippen LogP contribution >= 0.6 is 0 Å². The summed E-state index contributed by atoms with van der Waals surface area (Å²) in [6, 6.07) is 2.06. The summed E-state index contributed by atoms with van der Waals surface area (Å²) in [7, 11) is 0. The molecule has 3 aromatic rings. The van der Waals surface area contributed by atoms with E-state index in [1.54, 1.807) is 12.4 Å². The van der Waals surface area contributed by atoms with E-state index in [1.165, 1.54) is 10.9 Å². The van der Waals surface area contributed by atoms with Gasteiger partial charge in [0.2, 0.25) is 5.91 Å². The van der Waals surface area contributed by atoms with Gasteiger partial charge in [-0.3, -0.25) is 4.79 Å². The van der Waals surface area contributed by atoms with E-state index < -0.39 is 5.97 Å². The van der Waals surface area contributed by atoms with Crippen LogP contribution in [0.2, 0.25) is 0 Å². The first kappa shape index (κ1) is 17.1. The monoisotopic (exact) mass is 369 g/mol. The quantitative estimate of drug-likeness (QED) is 0.703. The van der Waals surface area contributed by atoms with Gasteiger partial charge in [0.05, 0.1) is 30.3 Å². The number of carboxylic acids is 1. The molecule has 0 atom stereocenters. The van der Waals surface area contributed by atoms with Crippen LogP contribution in [0.5, 0.6) is 0 Å². The summed E-state index contributed by atoms with van der Waals surface area (Å²) in [5, 5.41) is 24.4. The van der Waals surface area contributed by atoms with Crippen molar-refractivity contribution in [2.24, 2.45) is 5.92 Å². The third-order valence-electron chi connectivity index (χ3n) is 4.78. The fraction of sp³-hybridized carbons (Fsp3) is 0.412. The summed E-state index contributed by atoms with van der Waals surface area (Å²) >= 11 is 0. The zero-order valence-corrected chi connectivity index (χ0v) is 14.9. The predicted octanol–water partition coefficient (Wildman–Crippen LogP) is 1.89. The lowest BCUT2D eigenvalue weighted by Gasteiger charge is -2.33. The van der Waals surface area contributed by atoms with Gasteiger partial charge < -0.3 is 10.4 Å². The van der Waals surface area contributed by atoms with E-state index in [2.05, 4.69) is 25.7 Å². The Hall–Kier alpha value is -3.30. The van der Waals surface area contributed by atoms with Gasteiger partial charge in [0.1, 0.15) is 0 Å². The average Bonchev–Trinajstić information content (AvgIpc) is 3.20. The number of amides is 1. The molecule has 1 aliphatic carbocycles. The largest absolute Gasteiger partial charge is 0.476 e. The van der Waals surface area contributed by atoms with E-state index >= 15 is 0 Å². The van der Waals surface area contributed by atoms with Gasteiger partial charge in [-0.05, 0) is 32.8 Å². The molecular weight excluding hydrogens is 350 g/mol. The second-order valence-corrected chi connectivity index (χ2v) is 7.02. The Kier molecular flexibility index (Phi) is 4.09. The zero-order valence-electron chi connectivity index (χ0n) is 14.9. The second kappa shape index (κ2) is 6.45. The highest BCUT2D eigenvalue weighted by atomic mass is 16.4. The van der Waals surface area contributed by atoms with Crippen LogP contribution in [0.1, 0.15) is 49.3 Å². The number of carboxylic acid groups (broad SMARTS) is 1. The number of hydrogen-bond donors (Lipinski definition) is 2. The third kappa shape index (κ3) is 3.14. The van der Waals surface area contributed by atoms with Crippen molar-refractivity contribution in [3.63, 3.8) is 0 Å². The average molecular weight is 369 g/mol. The summed E-state index contributed by atoms with van der Waals surface area (Å²) in [5.74, 6) is -1.35. The minimum Gasteiger partial charge on any atom is -0.476 e. The van der Waals surface area contributed by atoms with Crippen molar-refractivity contribution in [1.29, 1.82) is 0 Å². The van der Waals surface area contributed by atoms with Crippen molar-refractivity contribution in [3.8, 4) is 0 Å². The molecule has 0 aliphatic heterocycles. The highest BCUT2D eigenvalue weighted by Crippen LogP contribution is 2.38. The minimum absolute atomic E-state index is 0.00812. The van der Waals surface area contributed by atoms with Gasteiger partial charge in [0.25, 0.3) is 0 Å². The number of carbonyl (C=O) groups excluding carboxylic acids is 1. The highest BCUT2D eigenvalue weighted by molar-refractivity contribution is 5.94. The van der Waals surface area contributed by atoms with Gasteiger partial charge in [0.15, 0.2) is 11.3 Å². The number of nitrogens with one attached hydrogen (secondary N) is 1. The SMILES string of the molecule is CC(C)n1ncc2cc(NC(=O)C3CC(n4cc(C(=O)O)nn4)C3)cnc21. The van der Waals surface area contributed by atoms with E-state index in [0.29, 0.717) is 18.5 Å². The lowest BCUT2D eigenvalue weighted by atomic mass is 9.79. The molecule has 1 fully saturated rings. The number of fused-ring (bicyclic) bond motifs is 1. The maximum absolute atomic E-state index is 12.4. The van der Waals surface area contributed by atoms with E-state index in [1.807, 2.05) is 24.6 Å². The third-order valence-corrected chi connectivity index (χ3v) is 4.78. The molecule has 140 valence electrons. The van der Waals surface area contributed by atoms with Crippen LogP contribution in [-0.4, -0.2) is 46.7 Å². The van der Waals surface area contributed by atoms with Crippen molar-refractivity contribution in [2.45, 2.75) is 38.8 Å². The van der Waals surface area contributed by atoms with Crippen LogP contribution in [0.15, 0.2) is 24.7 Å². The summed E-state index contributed by atoms with van der Waals surface area (Å²) in [4.78, 5) is 27.7. The van der Waals surface area contributed by atoms with Crippen molar-refractivity contribution in [1.82, 2.24) is 29.8 Å². The number of anilines is 1. The Labute approximate surface area is 154 Å². The number of aromatic carboxylic acids is 1. The maximum Gasteiger partial charge on any atom is 0.358 e. The van der Waals surface area contributed by atoms with Crippen molar-refractivity contribution in [2.75, 3.05) is 5.32 Å². The summed E-state index contributed by atoms with van der Waals surface area (Å²) in [6.07, 6.45) is 5.95. The number of nitrogens with zero attached hydrogens (tertiary/aromatic N) is 6. The van der Waals surface area contributed by atoms with Crippen LogP contribution in [0.3, 0.4) is 0 Å². The molecule has 0 saturated heterocycles. The van der Waals surface area contributed by atoms with Gasteiger partial charge in [-0.2, -0.15) is 5.10 Å². The molecule has 3 heterocycles. The fourth-order valence-electron chi connectivity index (χ4n) is 3.20. The molecule has 4 rings (SSSR count). The topological polar surface area (TPSA) is 128 Å². The molecule has 0 radical (unpaired) electrons. The first-order valence-electron chi connectivity index (χ1n) is 8.71. The molecular formula is C17H19N7O3. The van der Waals surface area contributed by atoms with Crippen LogP contribution in [0.4, 0.5) is 5.69 Å². The van der Waals surface area contributed by atoms with Crippen molar-refractivity contribution < 1.29 is 14.7 Å². The standard InChI is InChI=1S/C17H19N7O3/c1-9(2)24-15-11(6-19-24)3-12(7-18-15)20-16(25)10-4-13(5-10)23-8-14(17(26)27)21-22-23/h3,6-10,13H,4-5H2,1-2H3,(H,20,25)(H,26,27). The normalized spacial score (nSPS) is 19.2. The van der Waals surface area contributed by atoms with Gasteiger partial charge in [-0.25, -0.2) is 19.1 Å². The lowest BCUT2D eigenvalue weighted by Crippen LogP contribution is -2.36. The zero-order chi connectivity index (χ0) is 19.1. The van der Waals surface area contributed by atoms with Gasteiger partial charge >= 0.3 is 5.97 Å². The van der Waals surface area contributed by atoms with E-state index in [4.69, 9.17) is 5.11 Å². The second-order valence-electron chi connectivity index (χ2n) is 7.02. The van der Waals surface area contributed by atoms with Crippen LogP contribution < -0.4 is 5.32 Å². The van der Waals surface area contributed by atoms with E-state index in [0.717, 1.165) is 11.0 Å². The molecule has 1 saturated carbocycles. The minimum atomic E-state index is -1.11. The molecule has 10 nitrogen and oxygen atoms in total. The van der Waals surface area contributed by atoms with Crippen LogP contribution in [-0.2, 0) is 4.79 Å². The van der Waals surface area contributed by atoms with E-state index in [9.17, 15) is 9.59 Å². The van der Waals surface area contributed by atoms with Crippen LogP contribution in [0.25, 0.3) is 11.0 Å². The molecule has 1 amide bonds. The Balaban J connectivity index is 1.38. The molecule has 2 N–H and O–H groups in total. The number of rotatable bonds is 5. The molecule has 0 bridgehead atoms. The number of aromatic nitrogens is 6. The Bertz CT molecular complexity index is 1020. The van der Waals surface area contributed by atoms with Crippen LogP contribution in [0, 0.1) is 5.92 Å². The van der Waals surface area contributed by atoms with E-state index in [-0.39, 0.29) is 29.6 Å². The number of hydrogen-bond acceptors (Lipinski definition) is 6. The van der Waals surface area contributed by atoms with Gasteiger partial charge in [0, 0.05) is 17.3 Å². The summed E-state index contributed by atoms with van der Waals surface area (Å²) < 4.78 is 3.35. The van der Waals surface area contributed by atoms with Gasteiger partial charge in [-0.15, -0.1) is 5.10 Å². The molecule has 0 aromatic carbocycles. The highest BCUT2D eigenvalue weighted by Gasteiger charge is 2.36. The molecule has 1 aliphatic rings. The molecule has 10 heteroatoms. The Morgan fingerprint density at radius 2 is 2.07 bits per heavy atom. The van der Waals surface area contributed by atoms with Gasteiger partial charge in [-0.1, -0.05) is 5.21 Å². The summed E-state index contributed by atoms with van der Waals surface area (Å²) in [5.41, 5.74) is 1.32. The predicted molar refractivity (Wildman–Crippen MR) is 95.3 cm³/mol. The number of carbonyl (C=O) groups is 2. The molecule has 27 heavy (non-hydrogen) atoms. The molecule has 0 spiro atoms. The fourth-order valence-corrected chi connectivity index (χ4v) is 3.20. The Morgan fingerprint density at radius 3 is 2.74 bits per heavy atom.